The molecule has 0 unspecified atom stereocenters. The van der Waals surface area contributed by atoms with E-state index in [1.165, 1.54) is 0 Å². The summed E-state index contributed by atoms with van der Waals surface area (Å²) in [5.41, 5.74) is 3.48. The van der Waals surface area contributed by atoms with Gasteiger partial charge in [-0.25, -0.2) is 4.79 Å². The van der Waals surface area contributed by atoms with Gasteiger partial charge in [-0.15, -0.1) is 0 Å². The highest BCUT2D eigenvalue weighted by Gasteiger charge is 2.29. The van der Waals surface area contributed by atoms with Gasteiger partial charge in [0.25, 0.3) is 5.91 Å². The predicted molar refractivity (Wildman–Crippen MR) is 128 cm³/mol. The zero-order valence-electron chi connectivity index (χ0n) is 19.5. The summed E-state index contributed by atoms with van der Waals surface area (Å²) in [6.07, 6.45) is 4.25. The molecule has 1 fully saturated rings. The number of ether oxygens (including phenoxy) is 1. The van der Waals surface area contributed by atoms with Crippen molar-refractivity contribution >= 4 is 23.5 Å². The number of hydrogen-bond acceptors (Lipinski definition) is 7. The fourth-order valence-corrected chi connectivity index (χ4v) is 4.38. The zero-order chi connectivity index (χ0) is 23.9. The van der Waals surface area contributed by atoms with Gasteiger partial charge in [0.15, 0.2) is 0 Å². The third kappa shape index (κ3) is 5.72. The topological polar surface area (TPSA) is 104 Å². The number of carbonyl (C=O) groups excluding carboxylic acids is 3. The first kappa shape index (κ1) is 23.7. The summed E-state index contributed by atoms with van der Waals surface area (Å²) < 4.78 is 5.14. The molecule has 2 amide bonds. The number of pyridine rings is 1. The van der Waals surface area contributed by atoms with Crippen molar-refractivity contribution in [2.45, 2.75) is 25.8 Å². The molecule has 2 aliphatic heterocycles. The lowest BCUT2D eigenvalue weighted by molar-refractivity contribution is -0.147. The van der Waals surface area contributed by atoms with Crippen molar-refractivity contribution in [1.82, 2.24) is 20.5 Å². The molecule has 2 N–H and O–H groups in total. The Morgan fingerprint density at radius 1 is 1.21 bits per heavy atom. The van der Waals surface area contributed by atoms with Gasteiger partial charge in [0.2, 0.25) is 5.91 Å². The van der Waals surface area contributed by atoms with Crippen LogP contribution in [0.2, 0.25) is 0 Å². The summed E-state index contributed by atoms with van der Waals surface area (Å²) in [6.45, 7) is 5.90. The molecule has 0 aliphatic carbocycles. The third-order valence-corrected chi connectivity index (χ3v) is 6.15. The van der Waals surface area contributed by atoms with E-state index in [2.05, 4.69) is 26.6 Å². The molecule has 9 nitrogen and oxygen atoms in total. The highest BCUT2D eigenvalue weighted by Crippen LogP contribution is 2.25. The van der Waals surface area contributed by atoms with Gasteiger partial charge in [0.1, 0.15) is 6.04 Å². The molecule has 1 aromatic carbocycles. The van der Waals surface area contributed by atoms with Crippen LogP contribution in [0.5, 0.6) is 0 Å². The molecule has 0 bridgehead atoms. The normalized spacial score (nSPS) is 16.6. The highest BCUT2D eigenvalue weighted by molar-refractivity contribution is 6.00. The van der Waals surface area contributed by atoms with Gasteiger partial charge in [-0.2, -0.15) is 0 Å². The van der Waals surface area contributed by atoms with Gasteiger partial charge >= 0.3 is 5.97 Å². The van der Waals surface area contributed by atoms with E-state index in [1.807, 2.05) is 18.2 Å². The number of aromatic nitrogens is 1. The van der Waals surface area contributed by atoms with Gasteiger partial charge in [0.05, 0.1) is 13.2 Å². The molecule has 180 valence electrons. The SMILES string of the molecule is CCOC(=O)[C@H](Cc1cccnc1)NC(=O)CN1CCc2ccc(N3CCNCC3)cc2C1=O. The summed E-state index contributed by atoms with van der Waals surface area (Å²) in [4.78, 5) is 46.4. The van der Waals surface area contributed by atoms with E-state index in [4.69, 9.17) is 4.74 Å². The molecular formula is C25H31N5O4. The first-order valence-electron chi connectivity index (χ1n) is 11.8. The van der Waals surface area contributed by atoms with E-state index < -0.39 is 17.9 Å². The van der Waals surface area contributed by atoms with Crippen molar-refractivity contribution in [3.05, 3.63) is 59.4 Å². The summed E-state index contributed by atoms with van der Waals surface area (Å²) >= 11 is 0. The van der Waals surface area contributed by atoms with Crippen LogP contribution in [-0.4, -0.2) is 79.6 Å². The lowest BCUT2D eigenvalue weighted by atomic mass is 9.97. The van der Waals surface area contributed by atoms with E-state index in [9.17, 15) is 14.4 Å². The van der Waals surface area contributed by atoms with Crippen molar-refractivity contribution < 1.29 is 19.1 Å². The smallest absolute Gasteiger partial charge is 0.328 e. The number of amides is 2. The fraction of sp³-hybridized carbons (Fsp3) is 0.440. The van der Waals surface area contributed by atoms with Gasteiger partial charge in [-0.1, -0.05) is 12.1 Å². The van der Waals surface area contributed by atoms with Crippen LogP contribution >= 0.6 is 0 Å². The Balaban J connectivity index is 1.42. The van der Waals surface area contributed by atoms with Gasteiger partial charge in [0, 0.05) is 62.8 Å². The zero-order valence-corrected chi connectivity index (χ0v) is 19.5. The molecule has 1 aromatic heterocycles. The van der Waals surface area contributed by atoms with E-state index in [0.29, 0.717) is 18.5 Å². The number of piperazine rings is 1. The third-order valence-electron chi connectivity index (χ3n) is 6.15. The van der Waals surface area contributed by atoms with Crippen LogP contribution in [0.4, 0.5) is 5.69 Å². The minimum atomic E-state index is -0.844. The van der Waals surface area contributed by atoms with Crippen LogP contribution in [0.3, 0.4) is 0 Å². The number of anilines is 1. The Labute approximate surface area is 199 Å². The standard InChI is InChI=1S/C25H31N5O4/c1-2-34-25(33)22(14-18-4-3-8-27-16-18)28-23(31)17-30-11-7-19-5-6-20(15-21(19)24(30)32)29-12-9-26-10-13-29/h3-6,8,15-16,22,26H,2,7,9-14,17H2,1H3,(H,28,31)/t22-/m0/s1. The number of hydrogen-bond donors (Lipinski definition) is 2. The van der Waals surface area contributed by atoms with Crippen molar-refractivity contribution in [3.63, 3.8) is 0 Å². The van der Waals surface area contributed by atoms with E-state index >= 15 is 0 Å². The Kier molecular flexibility index (Phi) is 7.74. The largest absolute Gasteiger partial charge is 0.464 e. The van der Waals surface area contributed by atoms with E-state index in [0.717, 1.165) is 43.0 Å². The highest BCUT2D eigenvalue weighted by atomic mass is 16.5. The van der Waals surface area contributed by atoms with Crippen molar-refractivity contribution in [3.8, 4) is 0 Å². The Morgan fingerprint density at radius 3 is 2.76 bits per heavy atom. The summed E-state index contributed by atoms with van der Waals surface area (Å²) in [5, 5.41) is 6.09. The Bertz CT molecular complexity index is 1020. The lowest BCUT2D eigenvalue weighted by Crippen LogP contribution is -2.49. The fourth-order valence-electron chi connectivity index (χ4n) is 4.38. The summed E-state index contributed by atoms with van der Waals surface area (Å²) in [5.74, 6) is -1.05. The van der Waals surface area contributed by atoms with Crippen molar-refractivity contribution in [2.75, 3.05) is 50.8 Å². The molecule has 3 heterocycles. The lowest BCUT2D eigenvalue weighted by Gasteiger charge is -2.32. The molecule has 1 saturated heterocycles. The Morgan fingerprint density at radius 2 is 2.03 bits per heavy atom. The molecule has 1 atom stereocenters. The number of benzene rings is 1. The monoisotopic (exact) mass is 465 g/mol. The number of esters is 1. The number of fused-ring (bicyclic) bond motifs is 1. The van der Waals surface area contributed by atoms with Gasteiger partial charge in [-0.05, 0) is 42.7 Å². The number of rotatable bonds is 8. The molecule has 4 rings (SSSR count). The van der Waals surface area contributed by atoms with Crippen LogP contribution in [0, 0.1) is 0 Å². The van der Waals surface area contributed by atoms with Crippen molar-refractivity contribution in [2.24, 2.45) is 0 Å². The first-order valence-corrected chi connectivity index (χ1v) is 11.8. The average Bonchev–Trinajstić information content (AvgIpc) is 2.86. The summed E-state index contributed by atoms with van der Waals surface area (Å²) in [6, 6.07) is 8.80. The Hall–Kier alpha value is -3.46. The molecule has 34 heavy (non-hydrogen) atoms. The molecule has 2 aromatic rings. The van der Waals surface area contributed by atoms with Crippen LogP contribution in [0.1, 0.15) is 28.4 Å². The minimum absolute atomic E-state index is 0.112. The van der Waals surface area contributed by atoms with Crippen LogP contribution in [0.15, 0.2) is 42.7 Å². The number of carbonyl (C=O) groups is 3. The quantitative estimate of drug-likeness (QED) is 0.556. The second-order valence-corrected chi connectivity index (χ2v) is 8.49. The molecule has 0 saturated carbocycles. The molecule has 9 heteroatoms. The number of nitrogens with zero attached hydrogens (tertiary/aromatic N) is 3. The van der Waals surface area contributed by atoms with Gasteiger partial charge < -0.3 is 25.2 Å². The molecular weight excluding hydrogens is 434 g/mol. The maximum Gasteiger partial charge on any atom is 0.328 e. The molecule has 2 aliphatic rings. The first-order chi connectivity index (χ1) is 16.5. The molecule has 0 spiro atoms. The average molecular weight is 466 g/mol. The van der Waals surface area contributed by atoms with Crippen LogP contribution in [-0.2, 0) is 27.2 Å². The second kappa shape index (κ2) is 11.1. The van der Waals surface area contributed by atoms with E-state index in [1.54, 1.807) is 30.3 Å². The predicted octanol–water partition coefficient (Wildman–Crippen LogP) is 0.780. The van der Waals surface area contributed by atoms with Crippen molar-refractivity contribution in [1.29, 1.82) is 0 Å². The second-order valence-electron chi connectivity index (χ2n) is 8.49. The maximum absolute atomic E-state index is 13.2. The molecule has 0 radical (unpaired) electrons. The maximum atomic E-state index is 13.2. The minimum Gasteiger partial charge on any atom is -0.464 e. The number of nitrogens with one attached hydrogen (secondary N) is 2. The van der Waals surface area contributed by atoms with Gasteiger partial charge in [-0.3, -0.25) is 14.6 Å². The van der Waals surface area contributed by atoms with E-state index in [-0.39, 0.29) is 25.5 Å². The van der Waals surface area contributed by atoms with Crippen LogP contribution < -0.4 is 15.5 Å². The van der Waals surface area contributed by atoms with Crippen LogP contribution in [0.25, 0.3) is 0 Å². The summed E-state index contributed by atoms with van der Waals surface area (Å²) in [7, 11) is 0.